The Hall–Kier alpha value is -2.09. The van der Waals surface area contributed by atoms with Crippen LogP contribution in [0.1, 0.15) is 29.4 Å². The summed E-state index contributed by atoms with van der Waals surface area (Å²) in [6.45, 7) is 0.475. The molecule has 1 fully saturated rings. The first-order valence-electron chi connectivity index (χ1n) is 6.60. The molecule has 2 aromatic carbocycles. The van der Waals surface area contributed by atoms with Gasteiger partial charge in [-0.05, 0) is 11.1 Å². The lowest BCUT2D eigenvalue weighted by molar-refractivity contribution is -0.148. The molecule has 2 nitrogen and oxygen atoms in total. The van der Waals surface area contributed by atoms with Gasteiger partial charge in [-0.3, -0.25) is 4.79 Å². The Morgan fingerprint density at radius 3 is 1.89 bits per heavy atom. The summed E-state index contributed by atoms with van der Waals surface area (Å²) in [7, 11) is 0. The molecule has 96 valence electrons. The Morgan fingerprint density at radius 1 is 0.789 bits per heavy atom. The van der Waals surface area contributed by atoms with Gasteiger partial charge >= 0.3 is 5.97 Å². The van der Waals surface area contributed by atoms with E-state index in [4.69, 9.17) is 4.74 Å². The van der Waals surface area contributed by atoms with E-state index in [0.717, 1.165) is 0 Å². The third-order valence-corrected chi connectivity index (χ3v) is 3.75. The van der Waals surface area contributed by atoms with Crippen LogP contribution in [0.15, 0.2) is 60.7 Å². The Kier molecular flexibility index (Phi) is 3.32. The van der Waals surface area contributed by atoms with Crippen LogP contribution in [0.2, 0.25) is 0 Å². The van der Waals surface area contributed by atoms with Crippen molar-refractivity contribution in [3.05, 3.63) is 71.8 Å². The van der Waals surface area contributed by atoms with Crippen LogP contribution in [0.25, 0.3) is 0 Å². The van der Waals surface area contributed by atoms with Crippen molar-refractivity contribution in [1.29, 1.82) is 0 Å². The van der Waals surface area contributed by atoms with Crippen molar-refractivity contribution < 1.29 is 9.53 Å². The number of benzene rings is 2. The Bertz CT molecular complexity index is 548. The molecule has 1 aliphatic rings. The number of carbonyl (C=O) groups excluding carboxylic acids is 1. The first kappa shape index (κ1) is 12.0. The van der Waals surface area contributed by atoms with Crippen molar-refractivity contribution in [2.45, 2.75) is 18.3 Å². The molecule has 0 spiro atoms. The van der Waals surface area contributed by atoms with E-state index in [-0.39, 0.29) is 17.8 Å². The molecule has 0 aliphatic carbocycles. The maximum Gasteiger partial charge on any atom is 0.306 e. The average molecular weight is 252 g/mol. The molecule has 0 saturated carbocycles. The van der Waals surface area contributed by atoms with Crippen molar-refractivity contribution in [3.63, 3.8) is 0 Å². The summed E-state index contributed by atoms with van der Waals surface area (Å²) >= 11 is 0. The van der Waals surface area contributed by atoms with Crippen LogP contribution in [0, 0.1) is 0 Å². The lowest BCUT2D eigenvalue weighted by atomic mass is 9.78. The predicted octanol–water partition coefficient (Wildman–Crippen LogP) is 3.50. The SMILES string of the molecule is O=C1C[C@H](c2ccccc2)[C@@H](c2ccccc2)CO1. The van der Waals surface area contributed by atoms with Crippen molar-refractivity contribution in [2.24, 2.45) is 0 Å². The lowest BCUT2D eigenvalue weighted by Crippen LogP contribution is -2.27. The van der Waals surface area contributed by atoms with E-state index in [1.54, 1.807) is 0 Å². The third kappa shape index (κ3) is 2.53. The molecule has 0 unspecified atom stereocenters. The Balaban J connectivity index is 1.95. The summed E-state index contributed by atoms with van der Waals surface area (Å²) in [5, 5.41) is 0. The number of ether oxygens (including phenoxy) is 1. The van der Waals surface area contributed by atoms with E-state index in [9.17, 15) is 4.79 Å². The van der Waals surface area contributed by atoms with Gasteiger partial charge in [0.25, 0.3) is 0 Å². The Morgan fingerprint density at radius 2 is 1.32 bits per heavy atom. The highest BCUT2D eigenvalue weighted by atomic mass is 16.5. The fraction of sp³-hybridized carbons (Fsp3) is 0.235. The molecule has 1 saturated heterocycles. The molecule has 2 heteroatoms. The maximum atomic E-state index is 11.6. The van der Waals surface area contributed by atoms with Crippen LogP contribution in [0.4, 0.5) is 0 Å². The summed E-state index contributed by atoms with van der Waals surface area (Å²) in [5.74, 6) is 0.368. The maximum absolute atomic E-state index is 11.6. The van der Waals surface area contributed by atoms with Gasteiger partial charge in [0.15, 0.2) is 0 Å². The first-order valence-corrected chi connectivity index (χ1v) is 6.60. The summed E-state index contributed by atoms with van der Waals surface area (Å²) in [6, 6.07) is 20.5. The molecular formula is C17H16O2. The van der Waals surface area contributed by atoms with Crippen LogP contribution in [-0.4, -0.2) is 12.6 Å². The number of rotatable bonds is 2. The van der Waals surface area contributed by atoms with E-state index in [1.807, 2.05) is 36.4 Å². The van der Waals surface area contributed by atoms with Gasteiger partial charge in [-0.15, -0.1) is 0 Å². The predicted molar refractivity (Wildman–Crippen MR) is 73.9 cm³/mol. The third-order valence-electron chi connectivity index (χ3n) is 3.75. The highest BCUT2D eigenvalue weighted by Crippen LogP contribution is 2.38. The van der Waals surface area contributed by atoms with Crippen molar-refractivity contribution in [2.75, 3.05) is 6.61 Å². The second kappa shape index (κ2) is 5.27. The van der Waals surface area contributed by atoms with Gasteiger partial charge in [0, 0.05) is 11.8 Å². The summed E-state index contributed by atoms with van der Waals surface area (Å²) in [6.07, 6.45) is 0.462. The molecule has 0 aromatic heterocycles. The van der Waals surface area contributed by atoms with Gasteiger partial charge in [0.1, 0.15) is 0 Å². The molecule has 19 heavy (non-hydrogen) atoms. The van der Waals surface area contributed by atoms with Crippen LogP contribution >= 0.6 is 0 Å². The molecule has 0 radical (unpaired) electrons. The molecule has 0 amide bonds. The molecule has 2 atom stereocenters. The molecule has 2 aromatic rings. The highest BCUT2D eigenvalue weighted by Gasteiger charge is 2.32. The number of hydrogen-bond acceptors (Lipinski definition) is 2. The second-order valence-corrected chi connectivity index (χ2v) is 4.92. The zero-order chi connectivity index (χ0) is 13.1. The molecule has 1 aliphatic heterocycles. The van der Waals surface area contributed by atoms with Crippen molar-refractivity contribution >= 4 is 5.97 Å². The topological polar surface area (TPSA) is 26.3 Å². The standard InChI is InChI=1S/C17H16O2/c18-17-11-15(13-7-3-1-4-8-13)16(12-19-17)14-9-5-2-6-10-14/h1-10,15-16H,11-12H2/t15-,16-/m1/s1. The molecule has 0 bridgehead atoms. The number of hydrogen-bond donors (Lipinski definition) is 0. The fourth-order valence-electron chi connectivity index (χ4n) is 2.76. The number of esters is 1. The van der Waals surface area contributed by atoms with E-state index >= 15 is 0 Å². The number of carbonyl (C=O) groups is 1. The summed E-state index contributed by atoms with van der Waals surface area (Å²) < 4.78 is 5.26. The second-order valence-electron chi connectivity index (χ2n) is 4.92. The summed E-state index contributed by atoms with van der Waals surface area (Å²) in [4.78, 5) is 11.6. The van der Waals surface area contributed by atoms with Gasteiger partial charge in [-0.25, -0.2) is 0 Å². The smallest absolute Gasteiger partial charge is 0.306 e. The van der Waals surface area contributed by atoms with E-state index < -0.39 is 0 Å². The van der Waals surface area contributed by atoms with Gasteiger partial charge in [0.2, 0.25) is 0 Å². The lowest BCUT2D eigenvalue weighted by Gasteiger charge is -2.31. The van der Waals surface area contributed by atoms with Gasteiger partial charge in [-0.1, -0.05) is 60.7 Å². The zero-order valence-corrected chi connectivity index (χ0v) is 10.7. The molecular weight excluding hydrogens is 236 g/mol. The number of cyclic esters (lactones) is 1. The monoisotopic (exact) mass is 252 g/mol. The summed E-state index contributed by atoms with van der Waals surface area (Å²) in [5.41, 5.74) is 2.46. The minimum Gasteiger partial charge on any atom is -0.465 e. The van der Waals surface area contributed by atoms with E-state index in [2.05, 4.69) is 24.3 Å². The van der Waals surface area contributed by atoms with Crippen LogP contribution in [-0.2, 0) is 9.53 Å². The molecule has 0 N–H and O–H groups in total. The minimum absolute atomic E-state index is 0.0963. The van der Waals surface area contributed by atoms with E-state index in [1.165, 1.54) is 11.1 Å². The van der Waals surface area contributed by atoms with Crippen molar-refractivity contribution in [3.8, 4) is 0 Å². The molecule has 1 heterocycles. The first-order chi connectivity index (χ1) is 9.34. The van der Waals surface area contributed by atoms with Crippen LogP contribution < -0.4 is 0 Å². The van der Waals surface area contributed by atoms with Crippen molar-refractivity contribution in [1.82, 2.24) is 0 Å². The Labute approximate surface area is 113 Å². The van der Waals surface area contributed by atoms with Crippen LogP contribution in [0.5, 0.6) is 0 Å². The van der Waals surface area contributed by atoms with Gasteiger partial charge in [-0.2, -0.15) is 0 Å². The zero-order valence-electron chi connectivity index (χ0n) is 10.7. The van der Waals surface area contributed by atoms with Crippen LogP contribution in [0.3, 0.4) is 0 Å². The van der Waals surface area contributed by atoms with E-state index in [0.29, 0.717) is 13.0 Å². The largest absolute Gasteiger partial charge is 0.465 e. The quantitative estimate of drug-likeness (QED) is 0.765. The minimum atomic E-state index is -0.0963. The normalized spacial score (nSPS) is 22.8. The van der Waals surface area contributed by atoms with Gasteiger partial charge in [0.05, 0.1) is 13.0 Å². The fourth-order valence-corrected chi connectivity index (χ4v) is 2.76. The highest BCUT2D eigenvalue weighted by molar-refractivity contribution is 5.72. The van der Waals surface area contributed by atoms with Gasteiger partial charge < -0.3 is 4.74 Å². The average Bonchev–Trinajstić information content (AvgIpc) is 2.49. The molecule has 3 rings (SSSR count).